The Morgan fingerprint density at radius 3 is 2.95 bits per heavy atom. The summed E-state index contributed by atoms with van der Waals surface area (Å²) >= 11 is 0. The minimum atomic E-state index is 0.132. The normalized spacial score (nSPS) is 18.3. The second-order valence-corrected chi connectivity index (χ2v) is 5.81. The van der Waals surface area contributed by atoms with Crippen molar-refractivity contribution in [3.63, 3.8) is 0 Å². The number of rotatable bonds is 6. The summed E-state index contributed by atoms with van der Waals surface area (Å²) in [6.45, 7) is 6.71. The highest BCUT2D eigenvalue weighted by Gasteiger charge is 2.14. The maximum Gasteiger partial charge on any atom is 0.220 e. The number of benzene rings is 1. The van der Waals surface area contributed by atoms with Crippen LogP contribution in [0.1, 0.15) is 36.8 Å². The Labute approximate surface area is 127 Å². The van der Waals surface area contributed by atoms with Crippen LogP contribution in [-0.4, -0.2) is 31.6 Å². The fraction of sp³-hybridized carbons (Fsp3) is 0.588. The molecule has 0 saturated carbocycles. The van der Waals surface area contributed by atoms with Gasteiger partial charge in [0.2, 0.25) is 5.91 Å². The Morgan fingerprint density at radius 2 is 2.24 bits per heavy atom. The summed E-state index contributed by atoms with van der Waals surface area (Å²) in [6, 6.07) is 6.39. The van der Waals surface area contributed by atoms with Crippen LogP contribution in [0.15, 0.2) is 18.2 Å². The predicted octanol–water partition coefficient (Wildman–Crippen LogP) is 2.33. The molecule has 1 aromatic carbocycles. The van der Waals surface area contributed by atoms with Gasteiger partial charge in [0.1, 0.15) is 5.75 Å². The van der Waals surface area contributed by atoms with Crippen LogP contribution in [0, 0.1) is 13.8 Å². The van der Waals surface area contributed by atoms with Gasteiger partial charge in [0, 0.05) is 19.0 Å². The van der Waals surface area contributed by atoms with Gasteiger partial charge in [-0.1, -0.05) is 6.07 Å². The van der Waals surface area contributed by atoms with E-state index in [9.17, 15) is 4.79 Å². The molecule has 1 heterocycles. The Hall–Kier alpha value is -1.55. The van der Waals surface area contributed by atoms with Gasteiger partial charge in [0.25, 0.3) is 0 Å². The molecule has 4 nitrogen and oxygen atoms in total. The lowest BCUT2D eigenvalue weighted by Gasteiger charge is -2.23. The van der Waals surface area contributed by atoms with Crippen LogP contribution in [0.2, 0.25) is 0 Å². The van der Waals surface area contributed by atoms with Crippen LogP contribution >= 0.6 is 0 Å². The van der Waals surface area contributed by atoms with Crippen molar-refractivity contribution in [3.05, 3.63) is 29.3 Å². The number of ether oxygens (including phenoxy) is 1. The monoisotopic (exact) mass is 290 g/mol. The van der Waals surface area contributed by atoms with Crippen molar-refractivity contribution in [2.24, 2.45) is 0 Å². The van der Waals surface area contributed by atoms with Gasteiger partial charge in [-0.05, 0) is 62.9 Å². The molecule has 1 aliphatic heterocycles. The van der Waals surface area contributed by atoms with E-state index in [1.165, 1.54) is 11.1 Å². The van der Waals surface area contributed by atoms with Gasteiger partial charge >= 0.3 is 0 Å². The number of aryl methyl sites for hydroxylation is 2. The molecule has 4 heteroatoms. The average Bonchev–Trinajstić information content (AvgIpc) is 2.48. The molecule has 116 valence electrons. The van der Waals surface area contributed by atoms with Gasteiger partial charge in [0.05, 0.1) is 6.61 Å². The first-order chi connectivity index (χ1) is 10.1. The summed E-state index contributed by atoms with van der Waals surface area (Å²) in [5, 5.41) is 6.38. The highest BCUT2D eigenvalue weighted by molar-refractivity contribution is 5.76. The fourth-order valence-corrected chi connectivity index (χ4v) is 2.50. The zero-order chi connectivity index (χ0) is 15.1. The Bertz CT molecular complexity index is 468. The van der Waals surface area contributed by atoms with Crippen LogP contribution < -0.4 is 15.4 Å². The molecule has 0 spiro atoms. The zero-order valence-electron chi connectivity index (χ0n) is 13.1. The summed E-state index contributed by atoms with van der Waals surface area (Å²) in [4.78, 5) is 11.8. The molecule has 1 aromatic rings. The molecule has 21 heavy (non-hydrogen) atoms. The molecule has 1 aliphatic rings. The highest BCUT2D eigenvalue weighted by Crippen LogP contribution is 2.16. The maximum absolute atomic E-state index is 11.8. The van der Waals surface area contributed by atoms with Crippen molar-refractivity contribution in [1.82, 2.24) is 10.6 Å². The van der Waals surface area contributed by atoms with Crippen LogP contribution in [0.5, 0.6) is 5.75 Å². The van der Waals surface area contributed by atoms with E-state index >= 15 is 0 Å². The Morgan fingerprint density at radius 1 is 1.38 bits per heavy atom. The molecule has 0 aromatic heterocycles. The van der Waals surface area contributed by atoms with Crippen molar-refractivity contribution < 1.29 is 9.53 Å². The summed E-state index contributed by atoms with van der Waals surface area (Å²) in [6.07, 6.45) is 3.50. The smallest absolute Gasteiger partial charge is 0.220 e. The Balaban J connectivity index is 1.62. The highest BCUT2D eigenvalue weighted by atomic mass is 16.5. The molecule has 2 N–H and O–H groups in total. The minimum Gasteiger partial charge on any atom is -0.494 e. The van der Waals surface area contributed by atoms with Gasteiger partial charge in [-0.3, -0.25) is 4.79 Å². The second kappa shape index (κ2) is 8.03. The number of hydrogen-bond acceptors (Lipinski definition) is 3. The number of amides is 1. The zero-order valence-corrected chi connectivity index (χ0v) is 13.1. The van der Waals surface area contributed by atoms with Crippen molar-refractivity contribution in [3.8, 4) is 5.75 Å². The lowest BCUT2D eigenvalue weighted by molar-refractivity contribution is -0.122. The molecule has 0 aliphatic carbocycles. The van der Waals surface area contributed by atoms with E-state index in [-0.39, 0.29) is 5.91 Å². The quantitative estimate of drug-likeness (QED) is 0.791. The predicted molar refractivity (Wildman–Crippen MR) is 84.7 cm³/mol. The topological polar surface area (TPSA) is 50.4 Å². The molecule has 1 fully saturated rings. The van der Waals surface area contributed by atoms with Crippen LogP contribution in [0.3, 0.4) is 0 Å². The lowest BCUT2D eigenvalue weighted by Crippen LogP contribution is -2.45. The number of carbonyl (C=O) groups is 1. The number of carbonyl (C=O) groups excluding carboxylic acids is 1. The summed E-state index contributed by atoms with van der Waals surface area (Å²) in [5.41, 5.74) is 2.50. The SMILES string of the molecule is Cc1ccc(OCCCC(=O)NC2CCCNC2)cc1C. The molecule has 1 saturated heterocycles. The van der Waals surface area contributed by atoms with Crippen molar-refractivity contribution >= 4 is 5.91 Å². The van der Waals surface area contributed by atoms with Crippen molar-refractivity contribution in [2.45, 2.75) is 45.6 Å². The number of nitrogens with one attached hydrogen (secondary N) is 2. The van der Waals surface area contributed by atoms with Gasteiger partial charge in [-0.25, -0.2) is 0 Å². The van der Waals surface area contributed by atoms with E-state index in [1.807, 2.05) is 12.1 Å². The number of hydrogen-bond donors (Lipinski definition) is 2. The molecule has 2 rings (SSSR count). The average molecular weight is 290 g/mol. The van der Waals surface area contributed by atoms with Crippen molar-refractivity contribution in [1.29, 1.82) is 0 Å². The first kappa shape index (κ1) is 15.8. The summed E-state index contributed by atoms with van der Waals surface area (Å²) in [5.74, 6) is 1.02. The van der Waals surface area contributed by atoms with E-state index in [0.29, 0.717) is 19.1 Å². The van der Waals surface area contributed by atoms with E-state index in [0.717, 1.165) is 38.1 Å². The second-order valence-electron chi connectivity index (χ2n) is 5.81. The molecular formula is C17H26N2O2. The van der Waals surface area contributed by atoms with E-state index in [4.69, 9.17) is 4.74 Å². The van der Waals surface area contributed by atoms with Crippen molar-refractivity contribution in [2.75, 3.05) is 19.7 Å². The van der Waals surface area contributed by atoms with Gasteiger partial charge in [0.15, 0.2) is 0 Å². The van der Waals surface area contributed by atoms with E-state index in [1.54, 1.807) is 0 Å². The molecule has 1 unspecified atom stereocenters. The van der Waals surface area contributed by atoms with Crippen LogP contribution in [-0.2, 0) is 4.79 Å². The molecule has 0 radical (unpaired) electrons. The fourth-order valence-electron chi connectivity index (χ4n) is 2.50. The first-order valence-corrected chi connectivity index (χ1v) is 7.85. The molecule has 0 bridgehead atoms. The minimum absolute atomic E-state index is 0.132. The van der Waals surface area contributed by atoms with Gasteiger partial charge < -0.3 is 15.4 Å². The van der Waals surface area contributed by atoms with Crippen LogP contribution in [0.25, 0.3) is 0 Å². The van der Waals surface area contributed by atoms with Gasteiger partial charge in [-0.2, -0.15) is 0 Å². The summed E-state index contributed by atoms with van der Waals surface area (Å²) < 4.78 is 5.69. The first-order valence-electron chi connectivity index (χ1n) is 7.85. The maximum atomic E-state index is 11.8. The van der Waals surface area contributed by atoms with Crippen LogP contribution in [0.4, 0.5) is 0 Å². The lowest BCUT2D eigenvalue weighted by atomic mass is 10.1. The Kier molecular flexibility index (Phi) is 6.05. The third kappa shape index (κ3) is 5.38. The van der Waals surface area contributed by atoms with Gasteiger partial charge in [-0.15, -0.1) is 0 Å². The summed E-state index contributed by atoms with van der Waals surface area (Å²) in [7, 11) is 0. The molecule has 1 amide bonds. The third-order valence-corrected chi connectivity index (χ3v) is 3.96. The molecular weight excluding hydrogens is 264 g/mol. The van der Waals surface area contributed by atoms with E-state index in [2.05, 4.69) is 30.5 Å². The van der Waals surface area contributed by atoms with E-state index < -0.39 is 0 Å². The number of piperidine rings is 1. The largest absolute Gasteiger partial charge is 0.494 e. The molecule has 1 atom stereocenters. The standard InChI is InChI=1S/C17H26N2O2/c1-13-7-8-16(11-14(13)2)21-10-4-6-17(20)19-15-5-3-9-18-12-15/h7-8,11,15,18H,3-6,9-10,12H2,1-2H3,(H,19,20). The third-order valence-electron chi connectivity index (χ3n) is 3.96.